The van der Waals surface area contributed by atoms with E-state index in [2.05, 4.69) is 50.8 Å². The molecular formula is C16H20O. The molecule has 0 radical (unpaired) electrons. The minimum absolute atomic E-state index is 0.386. The van der Waals surface area contributed by atoms with Crippen LogP contribution in [0.3, 0.4) is 0 Å². The van der Waals surface area contributed by atoms with E-state index in [1.165, 1.54) is 11.1 Å². The lowest BCUT2D eigenvalue weighted by Gasteiger charge is -2.37. The number of rotatable bonds is 2. The van der Waals surface area contributed by atoms with Gasteiger partial charge >= 0.3 is 0 Å². The van der Waals surface area contributed by atoms with Crippen molar-refractivity contribution < 1.29 is 4.74 Å². The average Bonchev–Trinajstić information content (AvgIpc) is 2.24. The summed E-state index contributed by atoms with van der Waals surface area (Å²) in [6.45, 7) is 8.31. The SMILES string of the molecule is Cc1ccc(C#CCCC2(C)COC2)c(C)c1. The van der Waals surface area contributed by atoms with E-state index in [1.807, 2.05) is 0 Å². The number of aryl methyl sites for hydroxylation is 2. The van der Waals surface area contributed by atoms with Crippen LogP contribution in [0.4, 0.5) is 0 Å². The second kappa shape index (κ2) is 4.94. The summed E-state index contributed by atoms with van der Waals surface area (Å²) in [5.41, 5.74) is 4.12. The highest BCUT2D eigenvalue weighted by Crippen LogP contribution is 2.31. The molecule has 17 heavy (non-hydrogen) atoms. The molecule has 1 heteroatoms. The monoisotopic (exact) mass is 228 g/mol. The number of benzene rings is 1. The van der Waals surface area contributed by atoms with Gasteiger partial charge in [0, 0.05) is 17.4 Å². The Labute approximate surface area is 104 Å². The van der Waals surface area contributed by atoms with Crippen LogP contribution in [0, 0.1) is 31.1 Å². The third-order valence-electron chi connectivity index (χ3n) is 3.36. The highest BCUT2D eigenvalue weighted by atomic mass is 16.5. The first-order valence-corrected chi connectivity index (χ1v) is 6.23. The molecular weight excluding hydrogens is 208 g/mol. The van der Waals surface area contributed by atoms with Crippen LogP contribution < -0.4 is 0 Å². The lowest BCUT2D eigenvalue weighted by Crippen LogP contribution is -2.39. The topological polar surface area (TPSA) is 9.23 Å². The van der Waals surface area contributed by atoms with E-state index in [9.17, 15) is 0 Å². The van der Waals surface area contributed by atoms with E-state index in [1.54, 1.807) is 0 Å². The second-order valence-corrected chi connectivity index (χ2v) is 5.42. The van der Waals surface area contributed by atoms with Crippen LogP contribution in [0.15, 0.2) is 18.2 Å². The molecule has 1 nitrogen and oxygen atoms in total. The zero-order chi connectivity index (χ0) is 12.3. The summed E-state index contributed by atoms with van der Waals surface area (Å²) in [5, 5.41) is 0. The molecule has 1 heterocycles. The maximum atomic E-state index is 5.24. The molecule has 1 aliphatic rings. The first kappa shape index (κ1) is 12.2. The van der Waals surface area contributed by atoms with E-state index >= 15 is 0 Å². The summed E-state index contributed by atoms with van der Waals surface area (Å²) in [5.74, 6) is 6.55. The molecule has 0 N–H and O–H groups in total. The number of hydrogen-bond donors (Lipinski definition) is 0. The molecule has 0 bridgehead atoms. The Morgan fingerprint density at radius 1 is 1.29 bits per heavy atom. The van der Waals surface area contributed by atoms with Crippen molar-refractivity contribution in [2.24, 2.45) is 5.41 Å². The molecule has 0 spiro atoms. The maximum Gasteiger partial charge on any atom is 0.0542 e. The molecule has 1 saturated heterocycles. The van der Waals surface area contributed by atoms with Gasteiger partial charge in [0.15, 0.2) is 0 Å². The molecule has 0 aromatic heterocycles. The van der Waals surface area contributed by atoms with E-state index in [0.29, 0.717) is 5.41 Å². The molecule has 1 aromatic rings. The minimum atomic E-state index is 0.386. The van der Waals surface area contributed by atoms with E-state index in [-0.39, 0.29) is 0 Å². The molecule has 0 atom stereocenters. The summed E-state index contributed by atoms with van der Waals surface area (Å²) in [7, 11) is 0. The van der Waals surface area contributed by atoms with E-state index in [4.69, 9.17) is 4.74 Å². The van der Waals surface area contributed by atoms with Crippen LogP contribution in [0.25, 0.3) is 0 Å². The Kier molecular flexibility index (Phi) is 3.54. The number of ether oxygens (including phenoxy) is 1. The first-order valence-electron chi connectivity index (χ1n) is 6.23. The summed E-state index contributed by atoms with van der Waals surface area (Å²) < 4.78 is 5.24. The molecule has 90 valence electrons. The van der Waals surface area contributed by atoms with Crippen LogP contribution in [-0.4, -0.2) is 13.2 Å². The van der Waals surface area contributed by atoms with Crippen LogP contribution >= 0.6 is 0 Å². The fourth-order valence-corrected chi connectivity index (χ4v) is 2.07. The molecule has 0 unspecified atom stereocenters. The molecule has 0 saturated carbocycles. The smallest absolute Gasteiger partial charge is 0.0542 e. The normalized spacial score (nSPS) is 16.9. The first-order chi connectivity index (χ1) is 8.09. The standard InChI is InChI=1S/C16H20O/c1-13-7-8-15(14(2)10-13)6-4-5-9-16(3)11-17-12-16/h7-8,10H,5,9,11-12H2,1-3H3. The Bertz CT molecular complexity index is 458. The van der Waals surface area contributed by atoms with Gasteiger partial charge in [-0.2, -0.15) is 0 Å². The lowest BCUT2D eigenvalue weighted by molar-refractivity contribution is -0.104. The molecule has 2 rings (SSSR count). The highest BCUT2D eigenvalue weighted by molar-refractivity contribution is 5.42. The Morgan fingerprint density at radius 2 is 2.06 bits per heavy atom. The maximum absolute atomic E-state index is 5.24. The van der Waals surface area contributed by atoms with Crippen molar-refractivity contribution in [2.75, 3.05) is 13.2 Å². The van der Waals surface area contributed by atoms with Crippen LogP contribution in [0.1, 0.15) is 36.5 Å². The van der Waals surface area contributed by atoms with E-state index < -0.39 is 0 Å². The van der Waals surface area contributed by atoms with Gasteiger partial charge in [-0.3, -0.25) is 0 Å². The van der Waals surface area contributed by atoms with Gasteiger partial charge in [0.1, 0.15) is 0 Å². The zero-order valence-electron chi connectivity index (χ0n) is 11.0. The average molecular weight is 228 g/mol. The van der Waals surface area contributed by atoms with Crippen LogP contribution in [-0.2, 0) is 4.74 Å². The van der Waals surface area contributed by atoms with Gasteiger partial charge in [-0.25, -0.2) is 0 Å². The Hall–Kier alpha value is -1.26. The lowest BCUT2D eigenvalue weighted by atomic mass is 9.84. The van der Waals surface area contributed by atoms with Crippen molar-refractivity contribution in [1.29, 1.82) is 0 Å². The summed E-state index contributed by atoms with van der Waals surface area (Å²) in [6.07, 6.45) is 2.11. The molecule has 1 fully saturated rings. The van der Waals surface area contributed by atoms with Gasteiger partial charge in [0.25, 0.3) is 0 Å². The fraction of sp³-hybridized carbons (Fsp3) is 0.500. The largest absolute Gasteiger partial charge is 0.380 e. The summed E-state index contributed by atoms with van der Waals surface area (Å²) in [4.78, 5) is 0. The van der Waals surface area contributed by atoms with Crippen molar-refractivity contribution in [3.63, 3.8) is 0 Å². The van der Waals surface area contributed by atoms with Crippen LogP contribution in [0.2, 0.25) is 0 Å². The Balaban J connectivity index is 1.92. The van der Waals surface area contributed by atoms with Crippen molar-refractivity contribution in [3.05, 3.63) is 34.9 Å². The van der Waals surface area contributed by atoms with E-state index in [0.717, 1.165) is 31.6 Å². The second-order valence-electron chi connectivity index (χ2n) is 5.42. The predicted molar refractivity (Wildman–Crippen MR) is 71.0 cm³/mol. The molecule has 0 amide bonds. The zero-order valence-corrected chi connectivity index (χ0v) is 11.0. The van der Waals surface area contributed by atoms with Gasteiger partial charge in [0.05, 0.1) is 13.2 Å². The van der Waals surface area contributed by atoms with Crippen LogP contribution in [0.5, 0.6) is 0 Å². The summed E-state index contributed by atoms with van der Waals surface area (Å²) >= 11 is 0. The highest BCUT2D eigenvalue weighted by Gasteiger charge is 2.32. The third-order valence-corrected chi connectivity index (χ3v) is 3.36. The number of hydrogen-bond acceptors (Lipinski definition) is 1. The van der Waals surface area contributed by atoms with Crippen molar-refractivity contribution >= 4 is 0 Å². The third kappa shape index (κ3) is 3.11. The minimum Gasteiger partial charge on any atom is -0.380 e. The quantitative estimate of drug-likeness (QED) is 0.704. The van der Waals surface area contributed by atoms with Crippen molar-refractivity contribution in [2.45, 2.75) is 33.6 Å². The van der Waals surface area contributed by atoms with Gasteiger partial charge in [-0.05, 0) is 31.9 Å². The van der Waals surface area contributed by atoms with Gasteiger partial charge in [-0.15, -0.1) is 0 Å². The molecule has 1 aromatic carbocycles. The summed E-state index contributed by atoms with van der Waals surface area (Å²) in [6, 6.07) is 6.43. The molecule has 0 aliphatic carbocycles. The predicted octanol–water partition coefficient (Wildman–Crippen LogP) is 3.47. The van der Waals surface area contributed by atoms with Crippen molar-refractivity contribution in [1.82, 2.24) is 0 Å². The van der Waals surface area contributed by atoms with Crippen molar-refractivity contribution in [3.8, 4) is 11.8 Å². The molecule has 1 aliphatic heterocycles. The van der Waals surface area contributed by atoms with Gasteiger partial charge < -0.3 is 4.74 Å². The van der Waals surface area contributed by atoms with Gasteiger partial charge in [0.2, 0.25) is 0 Å². The fourth-order valence-electron chi connectivity index (χ4n) is 2.07. The Morgan fingerprint density at radius 3 is 2.65 bits per heavy atom. The van der Waals surface area contributed by atoms with Gasteiger partial charge in [-0.1, -0.05) is 36.5 Å².